The third-order valence-corrected chi connectivity index (χ3v) is 6.18. The number of carbonyl (C=O) groups is 1. The van der Waals surface area contributed by atoms with E-state index < -0.39 is 5.97 Å². The zero-order valence-corrected chi connectivity index (χ0v) is 18.4. The summed E-state index contributed by atoms with van der Waals surface area (Å²) in [5.74, 6) is -0.130. The van der Waals surface area contributed by atoms with Gasteiger partial charge in [-0.3, -0.25) is 0 Å². The molecular formula is C28H26N2O3. The second-order valence-electron chi connectivity index (χ2n) is 8.37. The first kappa shape index (κ1) is 21.0. The molecule has 0 radical (unpaired) electrons. The number of anilines is 2. The fraction of sp³-hybridized carbons (Fsp3) is 0.179. The Morgan fingerprint density at radius 3 is 2.67 bits per heavy atom. The van der Waals surface area contributed by atoms with Crippen molar-refractivity contribution in [1.29, 1.82) is 0 Å². The molecule has 4 aromatic carbocycles. The summed E-state index contributed by atoms with van der Waals surface area (Å²) in [6.07, 6.45) is -0.0918. The summed E-state index contributed by atoms with van der Waals surface area (Å²) >= 11 is 0. The highest BCUT2D eigenvalue weighted by molar-refractivity contribution is 5.89. The van der Waals surface area contributed by atoms with Crippen LogP contribution >= 0.6 is 0 Å². The van der Waals surface area contributed by atoms with Crippen molar-refractivity contribution in [3.8, 4) is 5.75 Å². The van der Waals surface area contributed by atoms with Gasteiger partial charge in [-0.2, -0.15) is 0 Å². The van der Waals surface area contributed by atoms with Crippen molar-refractivity contribution in [1.82, 2.24) is 5.32 Å². The maximum absolute atomic E-state index is 11.5. The first-order valence-electron chi connectivity index (χ1n) is 11.2. The topological polar surface area (TPSA) is 61.8 Å². The molecule has 4 aromatic rings. The number of nitrogens with zero attached hydrogens (tertiary/aromatic N) is 1. The summed E-state index contributed by atoms with van der Waals surface area (Å²) in [4.78, 5) is 13.6. The third-order valence-electron chi connectivity index (χ3n) is 6.18. The van der Waals surface area contributed by atoms with Gasteiger partial charge in [0.25, 0.3) is 0 Å². The van der Waals surface area contributed by atoms with Crippen LogP contribution < -0.4 is 15.0 Å². The summed E-state index contributed by atoms with van der Waals surface area (Å²) in [6.45, 7) is 3.45. The summed E-state index contributed by atoms with van der Waals surface area (Å²) in [5.41, 5.74) is 3.32. The predicted molar refractivity (Wildman–Crippen MR) is 132 cm³/mol. The summed E-state index contributed by atoms with van der Waals surface area (Å²) in [7, 11) is 0. The number of aromatic carboxylic acids is 1. The second-order valence-corrected chi connectivity index (χ2v) is 8.37. The maximum Gasteiger partial charge on any atom is 0.335 e. The number of hydrogen-bond donors (Lipinski definition) is 2. The van der Waals surface area contributed by atoms with Crippen molar-refractivity contribution >= 4 is 28.1 Å². The van der Waals surface area contributed by atoms with Gasteiger partial charge in [0.15, 0.2) is 0 Å². The predicted octanol–water partition coefficient (Wildman–Crippen LogP) is 5.79. The number of rotatable bonds is 6. The molecule has 1 aliphatic rings. The van der Waals surface area contributed by atoms with Gasteiger partial charge in [-0.05, 0) is 53.6 Å². The van der Waals surface area contributed by atoms with E-state index in [1.807, 2.05) is 30.3 Å². The molecule has 0 spiro atoms. The van der Waals surface area contributed by atoms with Gasteiger partial charge in [0.2, 0.25) is 0 Å². The Morgan fingerprint density at radius 1 is 1.03 bits per heavy atom. The molecule has 0 saturated heterocycles. The van der Waals surface area contributed by atoms with Crippen molar-refractivity contribution in [2.24, 2.45) is 0 Å². The minimum atomic E-state index is -0.930. The van der Waals surface area contributed by atoms with Crippen molar-refractivity contribution in [2.45, 2.75) is 19.1 Å². The van der Waals surface area contributed by atoms with Crippen LogP contribution in [-0.2, 0) is 0 Å². The van der Waals surface area contributed by atoms with Gasteiger partial charge in [-0.25, -0.2) is 4.79 Å². The first-order chi connectivity index (χ1) is 16.1. The van der Waals surface area contributed by atoms with Crippen LogP contribution in [0.1, 0.15) is 28.9 Å². The van der Waals surface area contributed by atoms with Crippen LogP contribution in [0.25, 0.3) is 10.8 Å². The molecule has 5 nitrogen and oxygen atoms in total. The van der Waals surface area contributed by atoms with Crippen molar-refractivity contribution in [3.63, 3.8) is 0 Å². The summed E-state index contributed by atoms with van der Waals surface area (Å²) in [6, 6.07) is 29.9. The number of para-hydroxylation sites is 2. The Labute approximate surface area is 193 Å². The molecule has 0 bridgehead atoms. The monoisotopic (exact) mass is 438 g/mol. The molecule has 2 unspecified atom stereocenters. The molecule has 5 rings (SSSR count). The Kier molecular flexibility index (Phi) is 5.71. The van der Waals surface area contributed by atoms with Crippen molar-refractivity contribution < 1.29 is 14.6 Å². The fourth-order valence-electron chi connectivity index (χ4n) is 4.50. The van der Waals surface area contributed by atoms with Gasteiger partial charge in [0.1, 0.15) is 11.9 Å². The molecule has 1 heterocycles. The van der Waals surface area contributed by atoms with Crippen molar-refractivity contribution in [3.05, 3.63) is 102 Å². The SMILES string of the molecule is CC(NCC1CN(c2cccc(C(=O)O)c2)c2ccccc2O1)c1cccc2ccccc12. The van der Waals surface area contributed by atoms with E-state index >= 15 is 0 Å². The van der Waals surface area contributed by atoms with Crippen LogP contribution in [0.3, 0.4) is 0 Å². The minimum absolute atomic E-state index is 0.0918. The smallest absolute Gasteiger partial charge is 0.335 e. The van der Waals surface area contributed by atoms with Gasteiger partial charge >= 0.3 is 5.97 Å². The van der Waals surface area contributed by atoms with Crippen LogP contribution in [0.15, 0.2) is 91.0 Å². The van der Waals surface area contributed by atoms with Crippen LogP contribution in [-0.4, -0.2) is 30.3 Å². The highest BCUT2D eigenvalue weighted by Gasteiger charge is 2.27. The van der Waals surface area contributed by atoms with Gasteiger partial charge in [0, 0.05) is 18.3 Å². The molecule has 2 atom stereocenters. The van der Waals surface area contributed by atoms with E-state index in [1.165, 1.54) is 16.3 Å². The van der Waals surface area contributed by atoms with Crippen molar-refractivity contribution in [2.75, 3.05) is 18.0 Å². The quantitative estimate of drug-likeness (QED) is 0.399. The molecule has 0 fully saturated rings. The number of hydrogen-bond acceptors (Lipinski definition) is 4. The molecular weight excluding hydrogens is 412 g/mol. The lowest BCUT2D eigenvalue weighted by atomic mass is 9.99. The van der Waals surface area contributed by atoms with E-state index in [0.29, 0.717) is 13.1 Å². The molecule has 0 aromatic heterocycles. The average Bonchev–Trinajstić information content (AvgIpc) is 2.86. The van der Waals surface area contributed by atoms with Gasteiger partial charge in [-0.15, -0.1) is 0 Å². The zero-order valence-electron chi connectivity index (χ0n) is 18.4. The van der Waals surface area contributed by atoms with Crippen LogP contribution in [0, 0.1) is 0 Å². The number of ether oxygens (including phenoxy) is 1. The van der Waals surface area contributed by atoms with Gasteiger partial charge in [-0.1, -0.05) is 60.7 Å². The summed E-state index contributed by atoms with van der Waals surface area (Å²) < 4.78 is 6.31. The molecule has 2 N–H and O–H groups in total. The van der Waals surface area contributed by atoms with Crippen LogP contribution in [0.2, 0.25) is 0 Å². The zero-order chi connectivity index (χ0) is 22.8. The largest absolute Gasteiger partial charge is 0.485 e. The van der Waals surface area contributed by atoms with E-state index in [2.05, 4.69) is 59.6 Å². The molecule has 166 valence electrons. The van der Waals surface area contributed by atoms with E-state index in [0.717, 1.165) is 17.1 Å². The number of benzene rings is 4. The molecule has 0 saturated carbocycles. The summed E-state index contributed by atoms with van der Waals surface area (Å²) in [5, 5.41) is 15.6. The Hall–Kier alpha value is -3.83. The van der Waals surface area contributed by atoms with Gasteiger partial charge in [0.05, 0.1) is 17.8 Å². The number of carboxylic acid groups (broad SMARTS) is 1. The Bertz CT molecular complexity index is 1300. The molecule has 5 heteroatoms. The Morgan fingerprint density at radius 2 is 1.79 bits per heavy atom. The average molecular weight is 439 g/mol. The molecule has 0 amide bonds. The van der Waals surface area contributed by atoms with E-state index in [-0.39, 0.29) is 17.7 Å². The second kappa shape index (κ2) is 8.96. The highest BCUT2D eigenvalue weighted by Crippen LogP contribution is 2.38. The lowest BCUT2D eigenvalue weighted by Gasteiger charge is -2.37. The van der Waals surface area contributed by atoms with E-state index in [9.17, 15) is 9.90 Å². The fourth-order valence-corrected chi connectivity index (χ4v) is 4.50. The first-order valence-corrected chi connectivity index (χ1v) is 11.2. The normalized spacial score (nSPS) is 16.2. The van der Waals surface area contributed by atoms with Crippen LogP contribution in [0.4, 0.5) is 11.4 Å². The Balaban J connectivity index is 1.37. The third kappa shape index (κ3) is 4.28. The molecule has 1 aliphatic heterocycles. The highest BCUT2D eigenvalue weighted by atomic mass is 16.5. The van der Waals surface area contributed by atoms with Crippen LogP contribution in [0.5, 0.6) is 5.75 Å². The van der Waals surface area contributed by atoms with E-state index in [1.54, 1.807) is 18.2 Å². The maximum atomic E-state index is 11.5. The lowest BCUT2D eigenvalue weighted by Crippen LogP contribution is -2.44. The minimum Gasteiger partial charge on any atom is -0.485 e. The standard InChI is InChI=1S/C28H26N2O3/c1-19(24-13-7-9-20-8-2-3-12-25(20)24)29-17-23-18-30(26-14-4-5-15-27(26)33-23)22-11-6-10-21(16-22)28(31)32/h2-16,19,23,29H,17-18H2,1H3,(H,31,32). The number of nitrogens with one attached hydrogen (secondary N) is 1. The molecule has 0 aliphatic carbocycles. The number of fused-ring (bicyclic) bond motifs is 2. The number of carboxylic acids is 1. The van der Waals surface area contributed by atoms with E-state index in [4.69, 9.17) is 4.74 Å². The lowest BCUT2D eigenvalue weighted by molar-refractivity contribution is 0.0697. The molecule has 33 heavy (non-hydrogen) atoms. The van der Waals surface area contributed by atoms with Gasteiger partial charge < -0.3 is 20.1 Å².